The van der Waals surface area contributed by atoms with Crippen LogP contribution in [0.15, 0.2) is 101 Å². The summed E-state index contributed by atoms with van der Waals surface area (Å²) in [5.41, 5.74) is 1.74. The molecule has 4 aromatic carbocycles. The molecule has 1 aliphatic rings. The van der Waals surface area contributed by atoms with Crippen molar-refractivity contribution in [1.82, 2.24) is 4.90 Å². The highest BCUT2D eigenvalue weighted by molar-refractivity contribution is 8.18. The summed E-state index contributed by atoms with van der Waals surface area (Å²) in [5, 5.41) is 1.36. The summed E-state index contributed by atoms with van der Waals surface area (Å²) < 4.78 is 36.5. The lowest BCUT2D eigenvalue weighted by molar-refractivity contribution is -0.123. The molecule has 2 amide bonds. The van der Waals surface area contributed by atoms with E-state index in [1.54, 1.807) is 30.3 Å². The third kappa shape index (κ3) is 5.74. The molecule has 4 aromatic rings. The Morgan fingerprint density at radius 1 is 0.842 bits per heavy atom. The van der Waals surface area contributed by atoms with Crippen LogP contribution in [0.1, 0.15) is 11.1 Å². The van der Waals surface area contributed by atoms with Crippen molar-refractivity contribution in [3.05, 3.63) is 107 Å². The Hall–Kier alpha value is -4.08. The smallest absolute Gasteiger partial charge is 0.339 e. The molecule has 9 heteroatoms. The number of rotatable bonds is 8. The van der Waals surface area contributed by atoms with E-state index in [1.807, 2.05) is 55.5 Å². The van der Waals surface area contributed by atoms with Gasteiger partial charge < -0.3 is 8.92 Å². The Kier molecular flexibility index (Phi) is 7.22. The minimum absolute atomic E-state index is 0.0558. The summed E-state index contributed by atoms with van der Waals surface area (Å²) in [6, 6.07) is 26.1. The Balaban J connectivity index is 1.22. The fourth-order valence-corrected chi connectivity index (χ4v) is 5.68. The maximum Gasteiger partial charge on any atom is 0.339 e. The Labute approximate surface area is 224 Å². The van der Waals surface area contributed by atoms with Gasteiger partial charge in [0, 0.05) is 0 Å². The van der Waals surface area contributed by atoms with Crippen molar-refractivity contribution in [1.29, 1.82) is 0 Å². The highest BCUT2D eigenvalue weighted by Gasteiger charge is 2.34. The van der Waals surface area contributed by atoms with E-state index >= 15 is 0 Å². The number of amides is 2. The Morgan fingerprint density at radius 3 is 2.26 bits per heavy atom. The minimum Gasteiger partial charge on any atom is -0.492 e. The van der Waals surface area contributed by atoms with Crippen LogP contribution >= 0.6 is 11.8 Å². The van der Waals surface area contributed by atoms with E-state index < -0.39 is 16.0 Å². The van der Waals surface area contributed by atoms with Gasteiger partial charge in [-0.2, -0.15) is 8.42 Å². The normalized spacial score (nSPS) is 14.9. The molecule has 0 radical (unpaired) electrons. The Bertz CT molecular complexity index is 1650. The lowest BCUT2D eigenvalue weighted by atomic mass is 10.1. The van der Waals surface area contributed by atoms with Crippen LogP contribution in [0.25, 0.3) is 16.8 Å². The molecule has 0 bridgehead atoms. The van der Waals surface area contributed by atoms with E-state index in [0.29, 0.717) is 11.3 Å². The number of carbonyl (C=O) groups is 2. The number of nitrogens with zero attached hydrogens (tertiary/aromatic N) is 1. The van der Waals surface area contributed by atoms with E-state index in [4.69, 9.17) is 8.92 Å². The number of thioether (sulfide) groups is 1. The molecular weight excluding hydrogens is 522 g/mol. The molecule has 0 N–H and O–H groups in total. The topological polar surface area (TPSA) is 90.0 Å². The van der Waals surface area contributed by atoms with E-state index in [1.165, 1.54) is 18.2 Å². The first-order chi connectivity index (χ1) is 18.3. The highest BCUT2D eigenvalue weighted by Crippen LogP contribution is 2.32. The van der Waals surface area contributed by atoms with Crippen molar-refractivity contribution in [3.8, 4) is 11.5 Å². The SMILES string of the molecule is Cc1ccc(OCCN2C(=O)S/C(=C\c3ccc(OS(=O)(=O)c4ccc5ccccc5c4)cc3)C2=O)cc1. The first-order valence-corrected chi connectivity index (χ1v) is 14.0. The van der Waals surface area contributed by atoms with Crippen LogP contribution in [0.4, 0.5) is 4.79 Å². The monoisotopic (exact) mass is 545 g/mol. The quantitative estimate of drug-likeness (QED) is 0.197. The van der Waals surface area contributed by atoms with Crippen LogP contribution in [0.5, 0.6) is 11.5 Å². The minimum atomic E-state index is -4.03. The van der Waals surface area contributed by atoms with Gasteiger partial charge >= 0.3 is 10.1 Å². The van der Waals surface area contributed by atoms with Crippen LogP contribution in [0.2, 0.25) is 0 Å². The second-order valence-corrected chi connectivity index (χ2v) is 11.1. The third-order valence-corrected chi connectivity index (χ3v) is 8.02. The molecule has 38 heavy (non-hydrogen) atoms. The van der Waals surface area contributed by atoms with Crippen molar-refractivity contribution in [2.24, 2.45) is 0 Å². The summed E-state index contributed by atoms with van der Waals surface area (Å²) in [4.78, 5) is 26.6. The van der Waals surface area contributed by atoms with Crippen molar-refractivity contribution in [2.45, 2.75) is 11.8 Å². The van der Waals surface area contributed by atoms with E-state index in [2.05, 4.69) is 0 Å². The van der Waals surface area contributed by atoms with Crippen LogP contribution in [-0.2, 0) is 14.9 Å². The summed E-state index contributed by atoms with van der Waals surface area (Å²) in [5.74, 6) is 0.409. The van der Waals surface area contributed by atoms with Gasteiger partial charge in [-0.3, -0.25) is 14.5 Å². The van der Waals surface area contributed by atoms with Crippen LogP contribution in [0.3, 0.4) is 0 Å². The van der Waals surface area contributed by atoms with E-state index in [9.17, 15) is 18.0 Å². The van der Waals surface area contributed by atoms with Gasteiger partial charge in [0.1, 0.15) is 23.0 Å². The number of ether oxygens (including phenoxy) is 1. The maximum absolute atomic E-state index is 12.8. The molecule has 0 unspecified atom stereocenters. The molecule has 0 atom stereocenters. The first kappa shape index (κ1) is 25.6. The average molecular weight is 546 g/mol. The van der Waals surface area contributed by atoms with Gasteiger partial charge in [-0.05, 0) is 77.5 Å². The van der Waals surface area contributed by atoms with Crippen molar-refractivity contribution in [3.63, 3.8) is 0 Å². The molecule has 1 saturated heterocycles. The standard InChI is InChI=1S/C29H23NO6S2/c1-20-6-11-24(12-7-20)35-17-16-30-28(31)27(37-29(30)32)18-21-8-13-25(14-9-21)36-38(33,34)26-15-10-22-4-2-3-5-23(22)19-26/h2-15,18-19H,16-17H2,1H3/b27-18-. The van der Waals surface area contributed by atoms with Gasteiger partial charge in [0.25, 0.3) is 11.1 Å². The van der Waals surface area contributed by atoms with Crippen molar-refractivity contribution < 1.29 is 26.9 Å². The second kappa shape index (κ2) is 10.7. The number of hydrogen-bond acceptors (Lipinski definition) is 7. The number of aryl methyl sites for hydroxylation is 1. The predicted octanol–water partition coefficient (Wildman–Crippen LogP) is 6.03. The number of hydrogen-bond donors (Lipinski definition) is 0. The molecule has 7 nitrogen and oxygen atoms in total. The zero-order chi connectivity index (χ0) is 26.7. The summed E-state index contributed by atoms with van der Waals surface area (Å²) >= 11 is 0.853. The van der Waals surface area contributed by atoms with E-state index in [0.717, 1.165) is 33.0 Å². The zero-order valence-electron chi connectivity index (χ0n) is 20.4. The molecule has 5 rings (SSSR count). The third-order valence-electron chi connectivity index (χ3n) is 5.87. The molecule has 0 spiro atoms. The van der Waals surface area contributed by atoms with Crippen molar-refractivity contribution >= 4 is 49.9 Å². The number of fused-ring (bicyclic) bond motifs is 1. The largest absolute Gasteiger partial charge is 0.492 e. The number of benzene rings is 4. The predicted molar refractivity (Wildman–Crippen MR) is 148 cm³/mol. The molecule has 1 heterocycles. The number of carbonyl (C=O) groups excluding carboxylic acids is 2. The molecule has 1 aliphatic heterocycles. The summed E-state index contributed by atoms with van der Waals surface area (Å²) in [6.07, 6.45) is 1.59. The van der Waals surface area contributed by atoms with E-state index in [-0.39, 0.29) is 33.9 Å². The van der Waals surface area contributed by atoms with Gasteiger partial charge in [-0.25, -0.2) is 0 Å². The maximum atomic E-state index is 12.8. The highest BCUT2D eigenvalue weighted by atomic mass is 32.2. The van der Waals surface area contributed by atoms with Gasteiger partial charge in [0.2, 0.25) is 0 Å². The molecule has 192 valence electrons. The van der Waals surface area contributed by atoms with Crippen LogP contribution in [0, 0.1) is 6.92 Å². The van der Waals surface area contributed by atoms with Gasteiger partial charge in [0.15, 0.2) is 0 Å². The zero-order valence-corrected chi connectivity index (χ0v) is 22.0. The Morgan fingerprint density at radius 2 is 1.53 bits per heavy atom. The number of imide groups is 1. The van der Waals surface area contributed by atoms with Gasteiger partial charge in [0.05, 0.1) is 11.4 Å². The lowest BCUT2D eigenvalue weighted by Gasteiger charge is -2.13. The summed E-state index contributed by atoms with van der Waals surface area (Å²) in [6.45, 7) is 2.30. The first-order valence-electron chi connectivity index (χ1n) is 11.8. The fraction of sp³-hybridized carbons (Fsp3) is 0.103. The average Bonchev–Trinajstić information content (AvgIpc) is 3.17. The molecule has 1 fully saturated rings. The molecule has 0 aromatic heterocycles. The summed E-state index contributed by atoms with van der Waals surface area (Å²) in [7, 11) is -4.03. The molecule has 0 saturated carbocycles. The molecule has 0 aliphatic carbocycles. The second-order valence-electron chi connectivity index (χ2n) is 8.61. The van der Waals surface area contributed by atoms with Crippen molar-refractivity contribution in [2.75, 3.05) is 13.2 Å². The van der Waals surface area contributed by atoms with Gasteiger partial charge in [-0.1, -0.05) is 60.2 Å². The van der Waals surface area contributed by atoms with Gasteiger partial charge in [-0.15, -0.1) is 0 Å². The van der Waals surface area contributed by atoms with Crippen LogP contribution in [-0.4, -0.2) is 37.6 Å². The van der Waals surface area contributed by atoms with Crippen LogP contribution < -0.4 is 8.92 Å². The lowest BCUT2D eigenvalue weighted by Crippen LogP contribution is -2.32. The fourth-order valence-electron chi connectivity index (χ4n) is 3.85. The molecular formula is C29H23NO6S2.